The zero-order valence-electron chi connectivity index (χ0n) is 8.61. The number of hydrogen-bond donors (Lipinski definition) is 0. The summed E-state index contributed by atoms with van der Waals surface area (Å²) in [5.74, 6) is 0.000463. The van der Waals surface area contributed by atoms with Gasteiger partial charge < -0.3 is 4.90 Å². The molecule has 0 saturated carbocycles. The standard InChI is InChI=1S/C11H13BrN2O/c1-3-7-14(4-2)11(15)9-5-6-13-10(12)8-9/h3,5-6,8H,1,4,7H2,2H3. The number of likely N-dealkylation sites (N-methyl/N-ethyl adjacent to an activating group) is 1. The van der Waals surface area contributed by atoms with E-state index in [-0.39, 0.29) is 5.91 Å². The van der Waals surface area contributed by atoms with Crippen molar-refractivity contribution in [3.8, 4) is 0 Å². The van der Waals surface area contributed by atoms with E-state index in [1.807, 2.05) is 6.92 Å². The van der Waals surface area contributed by atoms with Crippen LogP contribution in [0, 0.1) is 0 Å². The molecule has 15 heavy (non-hydrogen) atoms. The summed E-state index contributed by atoms with van der Waals surface area (Å²) in [6.45, 7) is 6.80. The summed E-state index contributed by atoms with van der Waals surface area (Å²) in [5, 5.41) is 0. The van der Waals surface area contributed by atoms with Crippen LogP contribution in [-0.2, 0) is 0 Å². The molecule has 1 heterocycles. The monoisotopic (exact) mass is 268 g/mol. The zero-order valence-corrected chi connectivity index (χ0v) is 10.2. The van der Waals surface area contributed by atoms with Gasteiger partial charge in [0.05, 0.1) is 0 Å². The minimum absolute atomic E-state index is 0.000463. The van der Waals surface area contributed by atoms with Crippen LogP contribution >= 0.6 is 15.9 Å². The lowest BCUT2D eigenvalue weighted by atomic mass is 10.2. The molecule has 0 spiro atoms. The molecule has 0 fully saturated rings. The largest absolute Gasteiger partial charge is 0.335 e. The number of amides is 1. The summed E-state index contributed by atoms with van der Waals surface area (Å²) < 4.78 is 0.669. The number of halogens is 1. The molecule has 0 aliphatic carbocycles. The highest BCUT2D eigenvalue weighted by molar-refractivity contribution is 9.10. The molecule has 0 N–H and O–H groups in total. The maximum Gasteiger partial charge on any atom is 0.254 e. The Morgan fingerprint density at radius 3 is 3.00 bits per heavy atom. The van der Waals surface area contributed by atoms with E-state index in [1.54, 1.807) is 29.3 Å². The van der Waals surface area contributed by atoms with Crippen molar-refractivity contribution in [1.29, 1.82) is 0 Å². The molecule has 4 heteroatoms. The van der Waals surface area contributed by atoms with Crippen LogP contribution in [0.2, 0.25) is 0 Å². The van der Waals surface area contributed by atoms with Gasteiger partial charge in [0.2, 0.25) is 0 Å². The number of aromatic nitrogens is 1. The smallest absolute Gasteiger partial charge is 0.254 e. The number of carbonyl (C=O) groups excluding carboxylic acids is 1. The van der Waals surface area contributed by atoms with Gasteiger partial charge in [-0.15, -0.1) is 6.58 Å². The SMILES string of the molecule is C=CCN(CC)C(=O)c1ccnc(Br)c1. The van der Waals surface area contributed by atoms with Crippen molar-refractivity contribution < 1.29 is 4.79 Å². The van der Waals surface area contributed by atoms with Crippen LogP contribution in [0.3, 0.4) is 0 Å². The van der Waals surface area contributed by atoms with Crippen LogP contribution in [0.1, 0.15) is 17.3 Å². The number of nitrogens with zero attached hydrogens (tertiary/aromatic N) is 2. The summed E-state index contributed by atoms with van der Waals surface area (Å²) in [7, 11) is 0. The van der Waals surface area contributed by atoms with Crippen molar-refractivity contribution in [2.45, 2.75) is 6.92 Å². The number of carbonyl (C=O) groups is 1. The van der Waals surface area contributed by atoms with Gasteiger partial charge in [-0.05, 0) is 35.0 Å². The van der Waals surface area contributed by atoms with E-state index >= 15 is 0 Å². The summed E-state index contributed by atoms with van der Waals surface area (Å²) in [6.07, 6.45) is 3.33. The molecule has 1 aromatic heterocycles. The Bertz CT molecular complexity index is 365. The van der Waals surface area contributed by atoms with E-state index in [0.717, 1.165) is 0 Å². The maximum absolute atomic E-state index is 11.9. The fourth-order valence-electron chi connectivity index (χ4n) is 1.23. The average Bonchev–Trinajstić information content (AvgIpc) is 2.25. The topological polar surface area (TPSA) is 33.2 Å². The van der Waals surface area contributed by atoms with Crippen molar-refractivity contribution in [2.24, 2.45) is 0 Å². The number of pyridine rings is 1. The first-order valence-electron chi connectivity index (χ1n) is 4.70. The fourth-order valence-corrected chi connectivity index (χ4v) is 1.59. The molecule has 0 atom stereocenters. The van der Waals surface area contributed by atoms with Gasteiger partial charge in [0.1, 0.15) is 4.60 Å². The molecule has 0 unspecified atom stereocenters. The summed E-state index contributed by atoms with van der Waals surface area (Å²) in [6, 6.07) is 3.42. The van der Waals surface area contributed by atoms with Gasteiger partial charge in [-0.25, -0.2) is 4.98 Å². The first kappa shape index (κ1) is 11.9. The predicted octanol–water partition coefficient (Wildman–Crippen LogP) is 2.49. The second-order valence-corrected chi connectivity index (χ2v) is 3.81. The normalized spacial score (nSPS) is 9.73. The molecule has 0 saturated heterocycles. The van der Waals surface area contributed by atoms with E-state index in [9.17, 15) is 4.79 Å². The molecule has 80 valence electrons. The first-order chi connectivity index (χ1) is 7.19. The Balaban J connectivity index is 2.87. The lowest BCUT2D eigenvalue weighted by Gasteiger charge is -2.18. The second-order valence-electron chi connectivity index (χ2n) is 3.00. The molecule has 1 rings (SSSR count). The Hall–Kier alpha value is -1.16. The van der Waals surface area contributed by atoms with Gasteiger partial charge in [0.25, 0.3) is 5.91 Å². The zero-order chi connectivity index (χ0) is 11.3. The third-order valence-electron chi connectivity index (χ3n) is 1.99. The van der Waals surface area contributed by atoms with Crippen LogP contribution in [0.5, 0.6) is 0 Å². The molecule has 1 amide bonds. The highest BCUT2D eigenvalue weighted by Gasteiger charge is 2.12. The highest BCUT2D eigenvalue weighted by atomic mass is 79.9. The average molecular weight is 269 g/mol. The van der Waals surface area contributed by atoms with E-state index in [0.29, 0.717) is 23.3 Å². The van der Waals surface area contributed by atoms with Gasteiger partial charge in [-0.3, -0.25) is 4.79 Å². The van der Waals surface area contributed by atoms with Gasteiger partial charge in [0.15, 0.2) is 0 Å². The Kier molecular flexibility index (Phi) is 4.49. The minimum Gasteiger partial charge on any atom is -0.335 e. The Morgan fingerprint density at radius 1 is 1.73 bits per heavy atom. The first-order valence-corrected chi connectivity index (χ1v) is 5.50. The molecule has 3 nitrogen and oxygen atoms in total. The lowest BCUT2D eigenvalue weighted by Crippen LogP contribution is -2.30. The second kappa shape index (κ2) is 5.66. The molecule has 0 radical (unpaired) electrons. The van der Waals surface area contributed by atoms with Crippen molar-refractivity contribution in [3.05, 3.63) is 41.2 Å². The van der Waals surface area contributed by atoms with E-state index < -0.39 is 0 Å². The van der Waals surface area contributed by atoms with Gasteiger partial charge >= 0.3 is 0 Å². The number of rotatable bonds is 4. The molecular weight excluding hydrogens is 256 g/mol. The molecule has 0 aliphatic heterocycles. The van der Waals surface area contributed by atoms with Crippen LogP contribution in [0.4, 0.5) is 0 Å². The van der Waals surface area contributed by atoms with E-state index in [1.165, 1.54) is 0 Å². The Morgan fingerprint density at radius 2 is 2.47 bits per heavy atom. The van der Waals surface area contributed by atoms with Crippen LogP contribution in [-0.4, -0.2) is 28.9 Å². The highest BCUT2D eigenvalue weighted by Crippen LogP contribution is 2.10. The summed E-state index contributed by atoms with van der Waals surface area (Å²) in [4.78, 5) is 17.6. The molecule has 1 aromatic rings. The number of hydrogen-bond acceptors (Lipinski definition) is 2. The van der Waals surface area contributed by atoms with Crippen LogP contribution in [0.15, 0.2) is 35.6 Å². The quantitative estimate of drug-likeness (QED) is 0.621. The molecular formula is C11H13BrN2O. The fraction of sp³-hybridized carbons (Fsp3) is 0.273. The van der Waals surface area contributed by atoms with Crippen molar-refractivity contribution in [2.75, 3.05) is 13.1 Å². The van der Waals surface area contributed by atoms with E-state index in [2.05, 4.69) is 27.5 Å². The molecule has 0 aromatic carbocycles. The predicted molar refractivity (Wildman–Crippen MR) is 63.7 cm³/mol. The molecule has 0 bridgehead atoms. The van der Waals surface area contributed by atoms with Gasteiger partial charge in [-0.2, -0.15) is 0 Å². The van der Waals surface area contributed by atoms with Gasteiger partial charge in [-0.1, -0.05) is 6.08 Å². The Labute approximate surface area is 97.9 Å². The van der Waals surface area contributed by atoms with Gasteiger partial charge in [0, 0.05) is 24.8 Å². The molecule has 0 aliphatic rings. The van der Waals surface area contributed by atoms with E-state index in [4.69, 9.17) is 0 Å². The van der Waals surface area contributed by atoms with Crippen LogP contribution in [0.25, 0.3) is 0 Å². The van der Waals surface area contributed by atoms with Crippen molar-refractivity contribution >= 4 is 21.8 Å². The van der Waals surface area contributed by atoms with Crippen molar-refractivity contribution in [1.82, 2.24) is 9.88 Å². The summed E-state index contributed by atoms with van der Waals surface area (Å²) >= 11 is 3.24. The lowest BCUT2D eigenvalue weighted by molar-refractivity contribution is 0.0782. The van der Waals surface area contributed by atoms with Crippen LogP contribution < -0.4 is 0 Å². The maximum atomic E-state index is 11.9. The summed E-state index contributed by atoms with van der Waals surface area (Å²) in [5.41, 5.74) is 0.639. The van der Waals surface area contributed by atoms with Crippen molar-refractivity contribution in [3.63, 3.8) is 0 Å². The minimum atomic E-state index is 0.000463. The third kappa shape index (κ3) is 3.16. The third-order valence-corrected chi connectivity index (χ3v) is 2.43.